The Morgan fingerprint density at radius 3 is 1.37 bits per heavy atom. The van der Waals surface area contributed by atoms with E-state index >= 15 is 0 Å². The Hall–Kier alpha value is -6.58. The summed E-state index contributed by atoms with van der Waals surface area (Å²) in [5.41, 5.74) is 10.4. The molecule has 0 saturated carbocycles. The largest absolute Gasteiger partial charge is 0.310 e. The first kappa shape index (κ1) is 27.5. The number of aromatic nitrogens is 2. The summed E-state index contributed by atoms with van der Waals surface area (Å²) in [6, 6.07) is 68.0. The number of rotatable bonds is 5. The molecule has 0 N–H and O–H groups in total. The van der Waals surface area contributed by atoms with Gasteiger partial charge in [-0.15, -0.1) is 0 Å². The lowest BCUT2D eigenvalue weighted by atomic mass is 10.1. The monoisotopic (exact) mass is 625 g/mol. The first-order chi connectivity index (χ1) is 24.3. The maximum Gasteiger partial charge on any atom is 0.0561 e. The van der Waals surface area contributed by atoms with E-state index in [1.165, 1.54) is 54.4 Å². The summed E-state index contributed by atoms with van der Waals surface area (Å²) in [6.45, 7) is 0. The normalized spacial score (nSPS) is 11.7. The van der Waals surface area contributed by atoms with Crippen molar-refractivity contribution in [2.45, 2.75) is 0 Å². The van der Waals surface area contributed by atoms with Crippen molar-refractivity contribution in [3.63, 3.8) is 0 Å². The molecule has 10 aromatic rings. The summed E-state index contributed by atoms with van der Waals surface area (Å²) in [5.74, 6) is 0. The van der Waals surface area contributed by atoms with Crippen molar-refractivity contribution in [2.75, 3.05) is 4.90 Å². The standard InChI is InChI=1S/C46H31N3/c1-4-16-34(17-5-1)47(37-24-26-40-39-22-12-13-23-43(39)48(45(40)30-37)35-18-6-2-7-19-35)38-25-27-41-42-28-32-14-10-11-15-33(32)29-44(42)49(46(41)31-38)36-20-8-3-9-21-36/h1-31H. The van der Waals surface area contributed by atoms with Crippen molar-refractivity contribution in [2.24, 2.45) is 0 Å². The highest BCUT2D eigenvalue weighted by Gasteiger charge is 2.20. The third-order valence-electron chi connectivity index (χ3n) is 9.83. The third-order valence-corrected chi connectivity index (χ3v) is 9.83. The second kappa shape index (κ2) is 11.0. The molecule has 0 unspecified atom stereocenters. The average Bonchev–Trinajstić information content (AvgIpc) is 3.66. The van der Waals surface area contributed by atoms with Gasteiger partial charge in [-0.1, -0.05) is 109 Å². The lowest BCUT2D eigenvalue weighted by molar-refractivity contribution is 1.17. The molecule has 0 atom stereocenters. The van der Waals surface area contributed by atoms with Crippen molar-refractivity contribution < 1.29 is 0 Å². The molecule has 0 amide bonds. The van der Waals surface area contributed by atoms with Crippen LogP contribution in [0.4, 0.5) is 17.1 Å². The van der Waals surface area contributed by atoms with Crippen molar-refractivity contribution in [3.8, 4) is 11.4 Å². The molecule has 0 bridgehead atoms. The van der Waals surface area contributed by atoms with E-state index in [1.807, 2.05) is 0 Å². The molecule has 0 aliphatic rings. The number of hydrogen-bond donors (Lipinski definition) is 0. The van der Waals surface area contributed by atoms with Crippen LogP contribution in [0.5, 0.6) is 0 Å². The van der Waals surface area contributed by atoms with E-state index in [4.69, 9.17) is 0 Å². The van der Waals surface area contributed by atoms with Gasteiger partial charge in [-0.25, -0.2) is 0 Å². The summed E-state index contributed by atoms with van der Waals surface area (Å²) < 4.78 is 4.80. The Kier molecular flexibility index (Phi) is 6.18. The van der Waals surface area contributed by atoms with Crippen molar-refractivity contribution in [1.82, 2.24) is 9.13 Å². The van der Waals surface area contributed by atoms with E-state index in [9.17, 15) is 0 Å². The summed E-state index contributed by atoms with van der Waals surface area (Å²) in [5, 5.41) is 7.47. The van der Waals surface area contributed by atoms with E-state index in [1.54, 1.807) is 0 Å². The van der Waals surface area contributed by atoms with Crippen LogP contribution in [0.25, 0.3) is 65.8 Å². The minimum atomic E-state index is 1.10. The number of para-hydroxylation sites is 4. The molecule has 49 heavy (non-hydrogen) atoms. The molecule has 0 fully saturated rings. The fourth-order valence-corrected chi connectivity index (χ4v) is 7.66. The summed E-state index contributed by atoms with van der Waals surface area (Å²) in [4.78, 5) is 2.38. The molecule has 3 nitrogen and oxygen atoms in total. The second-order valence-electron chi connectivity index (χ2n) is 12.6. The number of benzene rings is 8. The van der Waals surface area contributed by atoms with Crippen LogP contribution < -0.4 is 4.90 Å². The fraction of sp³-hybridized carbons (Fsp3) is 0. The van der Waals surface area contributed by atoms with Crippen molar-refractivity contribution in [1.29, 1.82) is 0 Å². The molecule has 0 saturated heterocycles. The molecule has 3 heteroatoms. The van der Waals surface area contributed by atoms with Crippen LogP contribution in [0.3, 0.4) is 0 Å². The van der Waals surface area contributed by atoms with Gasteiger partial charge in [0.25, 0.3) is 0 Å². The quantitative estimate of drug-likeness (QED) is 0.185. The lowest BCUT2D eigenvalue weighted by Crippen LogP contribution is -2.10. The van der Waals surface area contributed by atoms with Gasteiger partial charge in [0.1, 0.15) is 0 Å². The molecule has 2 aromatic heterocycles. The minimum absolute atomic E-state index is 1.10. The SMILES string of the molecule is c1ccc(N(c2ccc3c4ccccc4n(-c4ccccc4)c3c2)c2ccc3c4cc5ccccc5cc4n(-c4ccccc4)c3c2)cc1. The zero-order valence-electron chi connectivity index (χ0n) is 26.7. The van der Waals surface area contributed by atoms with Crippen molar-refractivity contribution in [3.05, 3.63) is 188 Å². The number of nitrogens with zero attached hydrogens (tertiary/aromatic N) is 3. The predicted molar refractivity (Wildman–Crippen MR) is 207 cm³/mol. The lowest BCUT2D eigenvalue weighted by Gasteiger charge is -2.26. The van der Waals surface area contributed by atoms with Gasteiger partial charge in [-0.05, 0) is 89.6 Å². The Labute approximate surface area is 284 Å². The van der Waals surface area contributed by atoms with E-state index < -0.39 is 0 Å². The predicted octanol–water partition coefficient (Wildman–Crippen LogP) is 12.5. The summed E-state index contributed by atoms with van der Waals surface area (Å²) in [7, 11) is 0. The Morgan fingerprint density at radius 1 is 0.286 bits per heavy atom. The van der Waals surface area contributed by atoms with Crippen LogP contribution in [0.15, 0.2) is 188 Å². The summed E-state index contributed by atoms with van der Waals surface area (Å²) >= 11 is 0. The Bertz CT molecular complexity index is 2810. The van der Waals surface area contributed by atoms with Crippen molar-refractivity contribution >= 4 is 71.4 Å². The molecule has 10 rings (SSSR count). The van der Waals surface area contributed by atoms with Gasteiger partial charge in [0.15, 0.2) is 0 Å². The van der Waals surface area contributed by atoms with E-state index in [2.05, 4.69) is 202 Å². The molecule has 0 aliphatic heterocycles. The van der Waals surface area contributed by atoms with E-state index in [-0.39, 0.29) is 0 Å². The van der Waals surface area contributed by atoms with Gasteiger partial charge < -0.3 is 14.0 Å². The van der Waals surface area contributed by atoms with Gasteiger partial charge in [0.05, 0.1) is 22.1 Å². The van der Waals surface area contributed by atoms with Crippen LogP contribution in [0.1, 0.15) is 0 Å². The molecular formula is C46H31N3. The number of anilines is 3. The van der Waals surface area contributed by atoms with Crippen LogP contribution in [0, 0.1) is 0 Å². The summed E-state index contributed by atoms with van der Waals surface area (Å²) in [6.07, 6.45) is 0. The molecule has 0 aliphatic carbocycles. The van der Waals surface area contributed by atoms with Gasteiger partial charge in [-0.3, -0.25) is 0 Å². The molecule has 8 aromatic carbocycles. The van der Waals surface area contributed by atoms with Crippen LogP contribution >= 0.6 is 0 Å². The van der Waals surface area contributed by atoms with Gasteiger partial charge in [0.2, 0.25) is 0 Å². The molecule has 2 heterocycles. The smallest absolute Gasteiger partial charge is 0.0561 e. The minimum Gasteiger partial charge on any atom is -0.310 e. The topological polar surface area (TPSA) is 13.1 Å². The van der Waals surface area contributed by atoms with Gasteiger partial charge in [-0.2, -0.15) is 0 Å². The maximum absolute atomic E-state index is 2.42. The number of fused-ring (bicyclic) bond motifs is 7. The fourth-order valence-electron chi connectivity index (χ4n) is 7.66. The first-order valence-electron chi connectivity index (χ1n) is 16.8. The van der Waals surface area contributed by atoms with Gasteiger partial charge >= 0.3 is 0 Å². The highest BCUT2D eigenvalue weighted by molar-refractivity contribution is 6.15. The Balaban J connectivity index is 1.25. The number of hydrogen-bond acceptors (Lipinski definition) is 1. The first-order valence-corrected chi connectivity index (χ1v) is 16.8. The van der Waals surface area contributed by atoms with E-state index in [0.717, 1.165) is 28.4 Å². The highest BCUT2D eigenvalue weighted by Crippen LogP contribution is 2.42. The van der Waals surface area contributed by atoms with E-state index in [0.29, 0.717) is 0 Å². The molecular weight excluding hydrogens is 595 g/mol. The highest BCUT2D eigenvalue weighted by atomic mass is 15.1. The average molecular weight is 626 g/mol. The van der Waals surface area contributed by atoms with Crippen LogP contribution in [-0.4, -0.2) is 9.13 Å². The zero-order chi connectivity index (χ0) is 32.3. The molecule has 0 radical (unpaired) electrons. The second-order valence-corrected chi connectivity index (χ2v) is 12.6. The zero-order valence-corrected chi connectivity index (χ0v) is 26.7. The van der Waals surface area contributed by atoms with Crippen LogP contribution in [0.2, 0.25) is 0 Å². The van der Waals surface area contributed by atoms with Crippen LogP contribution in [-0.2, 0) is 0 Å². The Morgan fingerprint density at radius 2 is 0.735 bits per heavy atom. The molecule has 230 valence electrons. The third kappa shape index (κ3) is 4.37. The molecule has 0 spiro atoms. The van der Waals surface area contributed by atoms with Gasteiger partial charge in [0, 0.05) is 50.0 Å². The maximum atomic E-state index is 2.42.